The Bertz CT molecular complexity index is 740. The highest BCUT2D eigenvalue weighted by atomic mass is 16.5. The van der Waals surface area contributed by atoms with Gasteiger partial charge >= 0.3 is 0 Å². The zero-order chi connectivity index (χ0) is 17.9. The number of carbonyl (C=O) groups is 1. The molecule has 0 bridgehead atoms. The van der Waals surface area contributed by atoms with Crippen molar-refractivity contribution < 1.29 is 19.7 Å². The van der Waals surface area contributed by atoms with Crippen LogP contribution in [0.15, 0.2) is 36.4 Å². The molecule has 0 fully saturated rings. The van der Waals surface area contributed by atoms with E-state index in [9.17, 15) is 15.0 Å². The third-order valence-corrected chi connectivity index (χ3v) is 3.90. The van der Waals surface area contributed by atoms with Crippen LogP contribution in [0.3, 0.4) is 0 Å². The van der Waals surface area contributed by atoms with Gasteiger partial charge in [0.05, 0.1) is 12.7 Å². The molecule has 1 amide bonds. The van der Waals surface area contributed by atoms with Crippen LogP contribution >= 0.6 is 0 Å². The number of benzene rings is 2. The summed E-state index contributed by atoms with van der Waals surface area (Å²) >= 11 is 0. The Labute approximate surface area is 142 Å². The summed E-state index contributed by atoms with van der Waals surface area (Å²) in [5, 5.41) is 19.9. The fraction of sp³-hybridized carbons (Fsp3) is 0.316. The topological polar surface area (TPSA) is 70.0 Å². The first kappa shape index (κ1) is 17.7. The van der Waals surface area contributed by atoms with Gasteiger partial charge in [0.15, 0.2) is 0 Å². The van der Waals surface area contributed by atoms with Crippen LogP contribution in [0.25, 0.3) is 0 Å². The molecule has 5 nitrogen and oxygen atoms in total. The predicted molar refractivity (Wildman–Crippen MR) is 92.7 cm³/mol. The minimum absolute atomic E-state index is 0.00509. The maximum absolute atomic E-state index is 12.7. The lowest BCUT2D eigenvalue weighted by atomic mass is 9.98. The third-order valence-electron chi connectivity index (χ3n) is 3.90. The van der Waals surface area contributed by atoms with Gasteiger partial charge in [-0.2, -0.15) is 0 Å². The van der Waals surface area contributed by atoms with Crippen molar-refractivity contribution in [2.45, 2.75) is 26.3 Å². The van der Waals surface area contributed by atoms with E-state index in [4.69, 9.17) is 4.74 Å². The number of rotatable bonds is 5. The van der Waals surface area contributed by atoms with Crippen molar-refractivity contribution in [1.29, 1.82) is 0 Å². The first-order valence-corrected chi connectivity index (χ1v) is 7.77. The van der Waals surface area contributed by atoms with Crippen LogP contribution in [-0.4, -0.2) is 35.2 Å². The molecule has 0 aromatic heterocycles. The third kappa shape index (κ3) is 3.79. The van der Waals surface area contributed by atoms with Gasteiger partial charge in [-0.25, -0.2) is 0 Å². The van der Waals surface area contributed by atoms with Gasteiger partial charge in [-0.15, -0.1) is 0 Å². The normalized spacial score (nSPS) is 10.7. The first-order valence-electron chi connectivity index (χ1n) is 7.77. The number of carbonyl (C=O) groups excluding carboxylic acids is 1. The number of hydrogen-bond acceptors (Lipinski definition) is 4. The molecule has 0 saturated carbocycles. The molecule has 128 valence electrons. The van der Waals surface area contributed by atoms with E-state index >= 15 is 0 Å². The first-order chi connectivity index (χ1) is 11.3. The van der Waals surface area contributed by atoms with Crippen LogP contribution < -0.4 is 4.74 Å². The second kappa shape index (κ2) is 7.25. The van der Waals surface area contributed by atoms with Crippen LogP contribution in [0.4, 0.5) is 0 Å². The summed E-state index contributed by atoms with van der Waals surface area (Å²) in [5.41, 5.74) is 1.74. The summed E-state index contributed by atoms with van der Waals surface area (Å²) in [6.07, 6.45) is 0. The molecule has 24 heavy (non-hydrogen) atoms. The predicted octanol–water partition coefficient (Wildman–Crippen LogP) is 3.50. The van der Waals surface area contributed by atoms with Gasteiger partial charge < -0.3 is 19.8 Å². The second-order valence-corrected chi connectivity index (χ2v) is 6.10. The van der Waals surface area contributed by atoms with Crippen molar-refractivity contribution >= 4 is 5.91 Å². The Balaban J connectivity index is 2.25. The van der Waals surface area contributed by atoms with E-state index in [0.29, 0.717) is 12.1 Å². The maximum Gasteiger partial charge on any atom is 0.257 e. The van der Waals surface area contributed by atoms with E-state index in [0.717, 1.165) is 11.3 Å². The molecule has 2 N–H and O–H groups in total. The lowest BCUT2D eigenvalue weighted by Crippen LogP contribution is -2.26. The Kier molecular flexibility index (Phi) is 5.34. The summed E-state index contributed by atoms with van der Waals surface area (Å²) in [7, 11) is 3.26. The monoisotopic (exact) mass is 329 g/mol. The molecule has 0 aliphatic heterocycles. The highest BCUT2D eigenvalue weighted by molar-refractivity contribution is 5.97. The van der Waals surface area contributed by atoms with Gasteiger partial charge in [-0.05, 0) is 35.2 Å². The van der Waals surface area contributed by atoms with Crippen LogP contribution in [0.5, 0.6) is 17.2 Å². The van der Waals surface area contributed by atoms with Gasteiger partial charge in [0.1, 0.15) is 17.2 Å². The SMILES string of the molecule is COc1cccc(CN(C)C(=O)c2cc(C(C)C)c(O)cc2O)c1. The average molecular weight is 329 g/mol. The molecule has 2 aromatic carbocycles. The Morgan fingerprint density at radius 2 is 1.88 bits per heavy atom. The summed E-state index contributed by atoms with van der Waals surface area (Å²) in [6.45, 7) is 4.22. The fourth-order valence-corrected chi connectivity index (χ4v) is 2.55. The highest BCUT2D eigenvalue weighted by Gasteiger charge is 2.20. The van der Waals surface area contributed by atoms with Gasteiger partial charge in [0, 0.05) is 19.7 Å². The smallest absolute Gasteiger partial charge is 0.257 e. The van der Waals surface area contributed by atoms with Gasteiger partial charge in [-0.1, -0.05) is 26.0 Å². The zero-order valence-corrected chi connectivity index (χ0v) is 14.4. The van der Waals surface area contributed by atoms with E-state index < -0.39 is 0 Å². The second-order valence-electron chi connectivity index (χ2n) is 6.10. The van der Waals surface area contributed by atoms with Crippen molar-refractivity contribution in [2.24, 2.45) is 0 Å². The number of phenols is 2. The van der Waals surface area contributed by atoms with E-state index in [2.05, 4.69) is 0 Å². The van der Waals surface area contributed by atoms with Crippen molar-refractivity contribution in [3.8, 4) is 17.2 Å². The molecule has 0 unspecified atom stereocenters. The van der Waals surface area contributed by atoms with Crippen molar-refractivity contribution in [2.75, 3.05) is 14.2 Å². The van der Waals surface area contributed by atoms with Gasteiger partial charge in [-0.3, -0.25) is 4.79 Å². The molecule has 0 heterocycles. The van der Waals surface area contributed by atoms with Crippen molar-refractivity contribution in [1.82, 2.24) is 4.90 Å². The summed E-state index contributed by atoms with van der Waals surface area (Å²) in [4.78, 5) is 14.2. The average Bonchev–Trinajstić information content (AvgIpc) is 2.54. The van der Waals surface area contributed by atoms with Crippen molar-refractivity contribution in [3.05, 3.63) is 53.1 Å². The van der Waals surface area contributed by atoms with E-state index in [-0.39, 0.29) is 28.9 Å². The Hall–Kier alpha value is -2.69. The molecule has 0 aliphatic carbocycles. The molecule has 0 radical (unpaired) electrons. The molecule has 2 rings (SSSR count). The number of phenolic OH excluding ortho intramolecular Hbond substituents is 2. The van der Waals surface area contributed by atoms with E-state index in [1.165, 1.54) is 11.0 Å². The van der Waals surface area contributed by atoms with Crippen LogP contribution in [0, 0.1) is 0 Å². The molecular formula is C19H23NO4. The minimum atomic E-state index is -0.308. The largest absolute Gasteiger partial charge is 0.508 e. The highest BCUT2D eigenvalue weighted by Crippen LogP contribution is 2.32. The number of amides is 1. The minimum Gasteiger partial charge on any atom is -0.508 e. The van der Waals surface area contributed by atoms with Gasteiger partial charge in [0.2, 0.25) is 0 Å². The molecule has 0 atom stereocenters. The molecule has 0 aliphatic rings. The number of hydrogen-bond donors (Lipinski definition) is 2. The maximum atomic E-state index is 12.7. The molecule has 2 aromatic rings. The Morgan fingerprint density at radius 3 is 2.50 bits per heavy atom. The van der Waals surface area contributed by atoms with Crippen LogP contribution in [0.2, 0.25) is 0 Å². The lowest BCUT2D eigenvalue weighted by Gasteiger charge is -2.20. The summed E-state index contributed by atoms with van der Waals surface area (Å²) < 4.78 is 5.18. The molecule has 0 spiro atoms. The molecule has 5 heteroatoms. The Morgan fingerprint density at radius 1 is 1.17 bits per heavy atom. The van der Waals surface area contributed by atoms with Crippen molar-refractivity contribution in [3.63, 3.8) is 0 Å². The number of ether oxygens (including phenoxy) is 1. The molecular weight excluding hydrogens is 306 g/mol. The van der Waals surface area contributed by atoms with Crippen LogP contribution in [0.1, 0.15) is 41.3 Å². The standard InChI is InChI=1S/C19H23NO4/c1-12(2)15-9-16(18(22)10-17(15)21)19(23)20(3)11-13-6-5-7-14(8-13)24-4/h5-10,12,21-22H,11H2,1-4H3. The fourth-order valence-electron chi connectivity index (χ4n) is 2.55. The lowest BCUT2D eigenvalue weighted by molar-refractivity contribution is 0.0782. The van der Waals surface area contributed by atoms with E-state index in [1.807, 2.05) is 38.1 Å². The zero-order valence-electron chi connectivity index (χ0n) is 14.4. The van der Waals surface area contributed by atoms with Gasteiger partial charge in [0.25, 0.3) is 5.91 Å². The quantitative estimate of drug-likeness (QED) is 0.881. The number of methoxy groups -OCH3 is 1. The van der Waals surface area contributed by atoms with Crippen LogP contribution in [-0.2, 0) is 6.54 Å². The summed E-state index contributed by atoms with van der Waals surface area (Å²) in [5.74, 6) is 0.231. The number of nitrogens with zero attached hydrogens (tertiary/aromatic N) is 1. The summed E-state index contributed by atoms with van der Waals surface area (Å²) in [6, 6.07) is 10.2. The molecule has 0 saturated heterocycles. The number of aromatic hydroxyl groups is 2. The van der Waals surface area contributed by atoms with E-state index in [1.54, 1.807) is 20.2 Å².